The van der Waals surface area contributed by atoms with Gasteiger partial charge in [0.1, 0.15) is 12.7 Å². The minimum absolute atomic E-state index is 0.0156. The standard InChI is InChI=1S/C21H30N4O4/c1-7-16-22-20(25(24-16)12-21(2,3)4)19-18(23-17(26)11-29-19)13-8-9-14(27-5)15(10-13)28-6/h8-10,18-19H,7,11-12H2,1-6H3,(H,23,26)/t18-,19+/m1/s1. The Hall–Kier alpha value is -2.61. The Morgan fingerprint density at radius 1 is 1.24 bits per heavy atom. The lowest BCUT2D eigenvalue weighted by Gasteiger charge is -2.33. The average molecular weight is 402 g/mol. The number of hydrogen-bond donors (Lipinski definition) is 1. The van der Waals surface area contributed by atoms with Crippen molar-refractivity contribution in [2.75, 3.05) is 20.8 Å². The third-order valence-electron chi connectivity index (χ3n) is 4.72. The second-order valence-corrected chi connectivity index (χ2v) is 8.35. The number of amides is 1. The fourth-order valence-electron chi connectivity index (χ4n) is 3.41. The molecule has 0 radical (unpaired) electrons. The third kappa shape index (κ3) is 4.70. The minimum Gasteiger partial charge on any atom is -0.493 e. The van der Waals surface area contributed by atoms with E-state index in [-0.39, 0.29) is 17.9 Å². The van der Waals surface area contributed by atoms with Crippen LogP contribution in [0, 0.1) is 5.41 Å². The molecule has 2 atom stereocenters. The van der Waals surface area contributed by atoms with Gasteiger partial charge in [-0.1, -0.05) is 33.8 Å². The van der Waals surface area contributed by atoms with Crippen molar-refractivity contribution in [2.24, 2.45) is 5.41 Å². The maximum absolute atomic E-state index is 12.1. The summed E-state index contributed by atoms with van der Waals surface area (Å²) in [5, 5.41) is 7.71. The molecule has 2 heterocycles. The topological polar surface area (TPSA) is 87.5 Å². The molecule has 0 unspecified atom stereocenters. The number of nitrogens with zero attached hydrogens (tertiary/aromatic N) is 3. The molecule has 1 amide bonds. The van der Waals surface area contributed by atoms with Gasteiger partial charge in [0, 0.05) is 13.0 Å². The van der Waals surface area contributed by atoms with Crippen molar-refractivity contribution in [3.8, 4) is 11.5 Å². The van der Waals surface area contributed by atoms with E-state index in [9.17, 15) is 4.79 Å². The second kappa shape index (κ2) is 8.41. The van der Waals surface area contributed by atoms with Crippen LogP contribution in [0.5, 0.6) is 11.5 Å². The van der Waals surface area contributed by atoms with Gasteiger partial charge in [-0.05, 0) is 23.1 Å². The van der Waals surface area contributed by atoms with Crippen LogP contribution in [-0.4, -0.2) is 41.5 Å². The molecule has 8 heteroatoms. The van der Waals surface area contributed by atoms with Crippen molar-refractivity contribution < 1.29 is 19.0 Å². The second-order valence-electron chi connectivity index (χ2n) is 8.35. The number of carbonyl (C=O) groups excluding carboxylic acids is 1. The third-order valence-corrected chi connectivity index (χ3v) is 4.72. The molecular weight excluding hydrogens is 372 g/mol. The highest BCUT2D eigenvalue weighted by atomic mass is 16.5. The summed E-state index contributed by atoms with van der Waals surface area (Å²) >= 11 is 0. The highest BCUT2D eigenvalue weighted by Gasteiger charge is 2.36. The quantitative estimate of drug-likeness (QED) is 0.799. The smallest absolute Gasteiger partial charge is 0.246 e. The van der Waals surface area contributed by atoms with Crippen molar-refractivity contribution in [2.45, 2.75) is 52.8 Å². The van der Waals surface area contributed by atoms with E-state index in [0.717, 1.165) is 23.6 Å². The molecule has 1 aromatic heterocycles. The summed E-state index contributed by atoms with van der Waals surface area (Å²) in [6, 6.07) is 5.17. The Labute approximate surface area is 171 Å². The maximum Gasteiger partial charge on any atom is 0.246 e. The summed E-state index contributed by atoms with van der Waals surface area (Å²) in [5.41, 5.74) is 0.869. The largest absolute Gasteiger partial charge is 0.493 e. The molecule has 1 aliphatic rings. The van der Waals surface area contributed by atoms with E-state index in [2.05, 4.69) is 31.2 Å². The molecule has 29 heavy (non-hydrogen) atoms. The van der Waals surface area contributed by atoms with Gasteiger partial charge in [-0.3, -0.25) is 4.79 Å². The van der Waals surface area contributed by atoms with Gasteiger partial charge in [0.2, 0.25) is 5.91 Å². The van der Waals surface area contributed by atoms with Crippen LogP contribution in [0.4, 0.5) is 0 Å². The fourth-order valence-corrected chi connectivity index (χ4v) is 3.41. The summed E-state index contributed by atoms with van der Waals surface area (Å²) in [7, 11) is 3.18. The van der Waals surface area contributed by atoms with Gasteiger partial charge >= 0.3 is 0 Å². The number of methoxy groups -OCH3 is 2. The van der Waals surface area contributed by atoms with Gasteiger partial charge in [0.25, 0.3) is 0 Å². The molecule has 0 bridgehead atoms. The molecule has 0 spiro atoms. The van der Waals surface area contributed by atoms with E-state index in [4.69, 9.17) is 19.2 Å². The normalized spacial score (nSPS) is 19.7. The lowest BCUT2D eigenvalue weighted by molar-refractivity contribution is -0.138. The first kappa shape index (κ1) is 21.1. The van der Waals surface area contributed by atoms with Crippen LogP contribution in [0.1, 0.15) is 57.1 Å². The van der Waals surface area contributed by atoms with E-state index in [1.807, 2.05) is 29.8 Å². The van der Waals surface area contributed by atoms with Crippen LogP contribution in [0.2, 0.25) is 0 Å². The number of ether oxygens (including phenoxy) is 3. The predicted molar refractivity (Wildman–Crippen MR) is 108 cm³/mol. The number of benzene rings is 1. The predicted octanol–water partition coefficient (Wildman–Crippen LogP) is 2.83. The van der Waals surface area contributed by atoms with Gasteiger partial charge < -0.3 is 19.5 Å². The number of carbonyl (C=O) groups is 1. The van der Waals surface area contributed by atoms with Crippen LogP contribution < -0.4 is 14.8 Å². The van der Waals surface area contributed by atoms with Gasteiger partial charge in [-0.15, -0.1) is 0 Å². The SMILES string of the molecule is CCc1nc([C@H]2OCC(=O)N[C@@H]2c2ccc(OC)c(OC)c2)n(CC(C)(C)C)n1. The van der Waals surface area contributed by atoms with E-state index in [1.165, 1.54) is 0 Å². The van der Waals surface area contributed by atoms with E-state index >= 15 is 0 Å². The average Bonchev–Trinajstić information content (AvgIpc) is 3.08. The Balaban J connectivity index is 2.03. The molecule has 0 saturated carbocycles. The van der Waals surface area contributed by atoms with Gasteiger partial charge in [0.05, 0.1) is 20.3 Å². The number of hydrogen-bond acceptors (Lipinski definition) is 6. The monoisotopic (exact) mass is 402 g/mol. The Kier molecular flexibility index (Phi) is 6.12. The first-order valence-electron chi connectivity index (χ1n) is 9.82. The number of morpholine rings is 1. The molecular formula is C21H30N4O4. The zero-order chi connectivity index (χ0) is 21.2. The molecule has 3 rings (SSSR count). The van der Waals surface area contributed by atoms with Crippen LogP contribution >= 0.6 is 0 Å². The van der Waals surface area contributed by atoms with Crippen molar-refractivity contribution in [3.05, 3.63) is 35.4 Å². The number of rotatable bonds is 6. The van der Waals surface area contributed by atoms with Crippen molar-refractivity contribution in [1.29, 1.82) is 0 Å². The molecule has 1 aliphatic heterocycles. The summed E-state index contributed by atoms with van der Waals surface area (Å²) in [4.78, 5) is 16.9. The first-order chi connectivity index (χ1) is 13.8. The summed E-state index contributed by atoms with van der Waals surface area (Å²) in [6.45, 7) is 9.16. The van der Waals surface area contributed by atoms with Crippen molar-refractivity contribution in [3.63, 3.8) is 0 Å². The molecule has 1 saturated heterocycles. The first-order valence-corrected chi connectivity index (χ1v) is 9.82. The molecule has 158 valence electrons. The van der Waals surface area contributed by atoms with E-state index in [1.54, 1.807) is 14.2 Å². The van der Waals surface area contributed by atoms with Gasteiger partial charge in [-0.2, -0.15) is 5.10 Å². The van der Waals surface area contributed by atoms with Gasteiger partial charge in [-0.25, -0.2) is 9.67 Å². The molecule has 1 aromatic carbocycles. The van der Waals surface area contributed by atoms with E-state index < -0.39 is 12.1 Å². The Bertz CT molecular complexity index is 872. The van der Waals surface area contributed by atoms with E-state index in [0.29, 0.717) is 18.0 Å². The molecule has 2 aromatic rings. The summed E-state index contributed by atoms with van der Waals surface area (Å²) in [6.07, 6.45) is 0.269. The van der Waals surface area contributed by atoms with Crippen LogP contribution in [0.3, 0.4) is 0 Å². The van der Waals surface area contributed by atoms with Gasteiger partial charge in [0.15, 0.2) is 23.1 Å². The zero-order valence-electron chi connectivity index (χ0n) is 18.0. The Morgan fingerprint density at radius 2 is 1.97 bits per heavy atom. The van der Waals surface area contributed by atoms with Crippen LogP contribution in [0.15, 0.2) is 18.2 Å². The number of nitrogens with one attached hydrogen (secondary N) is 1. The number of aromatic nitrogens is 3. The number of aryl methyl sites for hydroxylation is 1. The van der Waals surface area contributed by atoms with Crippen LogP contribution in [0.25, 0.3) is 0 Å². The molecule has 1 fully saturated rings. The van der Waals surface area contributed by atoms with Crippen LogP contribution in [-0.2, 0) is 22.5 Å². The highest BCUT2D eigenvalue weighted by molar-refractivity contribution is 5.78. The highest BCUT2D eigenvalue weighted by Crippen LogP contribution is 2.38. The molecule has 8 nitrogen and oxygen atoms in total. The minimum atomic E-state index is -0.457. The maximum atomic E-state index is 12.1. The fraction of sp³-hybridized carbons (Fsp3) is 0.571. The molecule has 0 aliphatic carbocycles. The molecule has 1 N–H and O–H groups in total. The Morgan fingerprint density at radius 3 is 2.59 bits per heavy atom. The van der Waals surface area contributed by atoms with Crippen molar-refractivity contribution in [1.82, 2.24) is 20.1 Å². The lowest BCUT2D eigenvalue weighted by Crippen LogP contribution is -2.42. The summed E-state index contributed by atoms with van der Waals surface area (Å²) < 4.78 is 18.7. The van der Waals surface area contributed by atoms with Crippen molar-refractivity contribution >= 4 is 5.91 Å². The zero-order valence-corrected chi connectivity index (χ0v) is 18.0. The lowest BCUT2D eigenvalue weighted by atomic mass is 9.96. The summed E-state index contributed by atoms with van der Waals surface area (Å²) in [5.74, 6) is 2.53.